The van der Waals surface area contributed by atoms with Crippen molar-refractivity contribution in [3.05, 3.63) is 41.5 Å². The van der Waals surface area contributed by atoms with E-state index in [0.29, 0.717) is 27.8 Å². The van der Waals surface area contributed by atoms with Crippen molar-refractivity contribution in [2.45, 2.75) is 0 Å². The molecule has 0 radical (unpaired) electrons. The average Bonchev–Trinajstić information content (AvgIpc) is 3.22. The number of hydrogen-bond acceptors (Lipinski definition) is 7. The highest BCUT2D eigenvalue weighted by Gasteiger charge is 2.34. The molecule has 4 N–H and O–H groups in total. The van der Waals surface area contributed by atoms with E-state index in [4.69, 9.17) is 9.47 Å². The second kappa shape index (κ2) is 5.04. The van der Waals surface area contributed by atoms with E-state index in [1.807, 2.05) is 0 Å². The molecule has 0 aromatic heterocycles. The van der Waals surface area contributed by atoms with Gasteiger partial charge in [0, 0.05) is 10.9 Å². The van der Waals surface area contributed by atoms with Crippen molar-refractivity contribution >= 4 is 22.6 Å². The van der Waals surface area contributed by atoms with Crippen LogP contribution in [0.1, 0.15) is 20.7 Å². The molecule has 0 fully saturated rings. The Hall–Kier alpha value is -3.94. The summed E-state index contributed by atoms with van der Waals surface area (Å²) in [6.07, 6.45) is 0. The number of carbonyl (C=O) groups is 2. The zero-order valence-electron chi connectivity index (χ0n) is 13.6. The molecule has 2 aliphatic heterocycles. The van der Waals surface area contributed by atoms with E-state index in [0.717, 1.165) is 0 Å². The molecule has 27 heavy (non-hydrogen) atoms. The molecule has 0 aliphatic carbocycles. The van der Waals surface area contributed by atoms with Crippen LogP contribution in [0, 0.1) is 0 Å². The molecule has 5 rings (SSSR count). The first-order chi connectivity index (χ1) is 13.0. The number of rotatable bonds is 1. The van der Waals surface area contributed by atoms with Crippen LogP contribution in [-0.4, -0.2) is 33.9 Å². The lowest BCUT2D eigenvalue weighted by molar-refractivity contribution is 0.0880. The molecule has 0 atom stereocenters. The van der Waals surface area contributed by atoms with Crippen molar-refractivity contribution in [3.63, 3.8) is 0 Å². The number of phenolic OH excluding ortho intramolecular Hbond substituents is 3. The molecule has 0 bridgehead atoms. The first kappa shape index (κ1) is 15.3. The van der Waals surface area contributed by atoms with Crippen LogP contribution in [0.5, 0.6) is 28.7 Å². The Morgan fingerprint density at radius 3 is 2.37 bits per heavy atom. The van der Waals surface area contributed by atoms with E-state index >= 15 is 0 Å². The number of fused-ring (bicyclic) bond motifs is 4. The van der Waals surface area contributed by atoms with E-state index in [-0.39, 0.29) is 23.5 Å². The van der Waals surface area contributed by atoms with Gasteiger partial charge in [0.05, 0.1) is 11.1 Å². The molecule has 2 amide bonds. The second-order valence-corrected chi connectivity index (χ2v) is 6.22. The summed E-state index contributed by atoms with van der Waals surface area (Å²) < 4.78 is 11.0. The highest BCUT2D eigenvalue weighted by molar-refractivity contribution is 6.28. The topological polar surface area (TPSA) is 125 Å². The smallest absolute Gasteiger partial charge is 0.259 e. The van der Waals surface area contributed by atoms with Crippen molar-refractivity contribution < 1.29 is 34.4 Å². The van der Waals surface area contributed by atoms with E-state index in [1.165, 1.54) is 12.1 Å². The van der Waals surface area contributed by atoms with Gasteiger partial charge in [-0.15, -0.1) is 0 Å². The number of aromatic hydroxyl groups is 3. The highest BCUT2D eigenvalue weighted by atomic mass is 16.7. The van der Waals surface area contributed by atoms with E-state index in [9.17, 15) is 24.9 Å². The summed E-state index contributed by atoms with van der Waals surface area (Å²) in [5.41, 5.74) is 0.798. The number of amides is 2. The van der Waals surface area contributed by atoms with Crippen LogP contribution in [0.4, 0.5) is 0 Å². The van der Waals surface area contributed by atoms with Gasteiger partial charge in [-0.1, -0.05) is 6.07 Å². The molecule has 134 valence electrons. The van der Waals surface area contributed by atoms with Crippen molar-refractivity contribution in [2.24, 2.45) is 0 Å². The van der Waals surface area contributed by atoms with Gasteiger partial charge in [-0.25, -0.2) is 0 Å². The number of carbonyl (C=O) groups excluding carboxylic acids is 2. The van der Waals surface area contributed by atoms with Crippen LogP contribution in [0.15, 0.2) is 30.3 Å². The number of nitrogens with one attached hydrogen (secondary N) is 1. The van der Waals surface area contributed by atoms with E-state index < -0.39 is 29.1 Å². The molecular weight excluding hydrogens is 354 g/mol. The molecule has 2 heterocycles. The van der Waals surface area contributed by atoms with Gasteiger partial charge in [0.2, 0.25) is 6.79 Å². The Bertz CT molecular complexity index is 1180. The number of hydrogen-bond donors (Lipinski definition) is 4. The molecule has 0 saturated heterocycles. The summed E-state index contributed by atoms with van der Waals surface area (Å²) in [5.74, 6) is -2.08. The standard InChI is InChI=1S/C19H11NO7/c21-10-4-8(5-11(22)16(10)23)13-14-7(1-2-12-17(14)27-6-26-12)3-9-15(13)19(25)20-18(9)24/h1-5,21-23H,6H2,(H,20,24,25). The first-order valence-corrected chi connectivity index (χ1v) is 7.96. The Kier molecular flexibility index (Phi) is 2.86. The van der Waals surface area contributed by atoms with Gasteiger partial charge < -0.3 is 24.8 Å². The van der Waals surface area contributed by atoms with Crippen LogP contribution in [0.3, 0.4) is 0 Å². The van der Waals surface area contributed by atoms with Crippen molar-refractivity contribution in [2.75, 3.05) is 6.79 Å². The Morgan fingerprint density at radius 2 is 1.63 bits per heavy atom. The Balaban J connectivity index is 1.98. The molecule has 0 saturated carbocycles. The quantitative estimate of drug-likeness (QED) is 0.385. The third-order valence-corrected chi connectivity index (χ3v) is 4.70. The lowest BCUT2D eigenvalue weighted by atomic mass is 9.89. The maximum absolute atomic E-state index is 12.5. The Morgan fingerprint density at radius 1 is 0.889 bits per heavy atom. The van der Waals surface area contributed by atoms with E-state index in [1.54, 1.807) is 18.2 Å². The van der Waals surface area contributed by atoms with Gasteiger partial charge in [-0.2, -0.15) is 0 Å². The lowest BCUT2D eigenvalue weighted by Gasteiger charge is -2.14. The van der Waals surface area contributed by atoms with Crippen LogP contribution in [0.2, 0.25) is 0 Å². The van der Waals surface area contributed by atoms with Gasteiger partial charge in [0.15, 0.2) is 28.7 Å². The fraction of sp³-hybridized carbons (Fsp3) is 0.0526. The number of phenols is 3. The number of imide groups is 1. The Labute approximate surface area is 151 Å². The molecule has 0 spiro atoms. The van der Waals surface area contributed by atoms with Crippen LogP contribution in [0.25, 0.3) is 21.9 Å². The first-order valence-electron chi connectivity index (χ1n) is 7.96. The maximum Gasteiger partial charge on any atom is 0.259 e. The SMILES string of the molecule is O=C1NC(=O)c2c1cc1ccc3c(c1c2-c1cc(O)c(O)c(O)c1)OCO3. The largest absolute Gasteiger partial charge is 0.504 e. The maximum atomic E-state index is 12.5. The van der Waals surface area contributed by atoms with Gasteiger partial charge >= 0.3 is 0 Å². The predicted octanol–water partition coefficient (Wildman–Crippen LogP) is 2.24. The molecule has 2 aliphatic rings. The van der Waals surface area contributed by atoms with Crippen molar-refractivity contribution in [1.29, 1.82) is 0 Å². The van der Waals surface area contributed by atoms with Crippen LogP contribution in [-0.2, 0) is 0 Å². The fourth-order valence-electron chi connectivity index (χ4n) is 3.54. The third-order valence-electron chi connectivity index (χ3n) is 4.70. The zero-order valence-corrected chi connectivity index (χ0v) is 13.6. The molecule has 3 aromatic rings. The van der Waals surface area contributed by atoms with Gasteiger partial charge in [-0.3, -0.25) is 14.9 Å². The molecule has 3 aromatic carbocycles. The lowest BCUT2D eigenvalue weighted by Crippen LogP contribution is -2.20. The summed E-state index contributed by atoms with van der Waals surface area (Å²) in [5, 5.41) is 32.9. The summed E-state index contributed by atoms with van der Waals surface area (Å²) in [4.78, 5) is 24.7. The molecule has 8 nitrogen and oxygen atoms in total. The van der Waals surface area contributed by atoms with Crippen LogP contribution < -0.4 is 14.8 Å². The fourth-order valence-corrected chi connectivity index (χ4v) is 3.54. The highest BCUT2D eigenvalue weighted by Crippen LogP contribution is 2.49. The minimum atomic E-state index is -0.680. The monoisotopic (exact) mass is 365 g/mol. The summed E-state index contributed by atoms with van der Waals surface area (Å²) in [6.45, 7) is 0.00216. The summed E-state index contributed by atoms with van der Waals surface area (Å²) in [7, 11) is 0. The number of benzene rings is 3. The number of ether oxygens (including phenoxy) is 2. The minimum Gasteiger partial charge on any atom is -0.504 e. The third kappa shape index (κ3) is 1.97. The van der Waals surface area contributed by atoms with Gasteiger partial charge in [0.25, 0.3) is 11.8 Å². The normalized spacial score (nSPS) is 14.5. The predicted molar refractivity (Wildman–Crippen MR) is 92.3 cm³/mol. The van der Waals surface area contributed by atoms with Crippen molar-refractivity contribution in [3.8, 4) is 39.9 Å². The summed E-state index contributed by atoms with van der Waals surface area (Å²) >= 11 is 0. The molecular formula is C19H11NO7. The van der Waals surface area contributed by atoms with Crippen molar-refractivity contribution in [1.82, 2.24) is 5.32 Å². The zero-order chi connectivity index (χ0) is 18.9. The van der Waals surface area contributed by atoms with Gasteiger partial charge in [0.1, 0.15) is 0 Å². The van der Waals surface area contributed by atoms with Gasteiger partial charge in [-0.05, 0) is 35.2 Å². The molecule has 0 unspecified atom stereocenters. The second-order valence-electron chi connectivity index (χ2n) is 6.22. The summed E-state index contributed by atoms with van der Waals surface area (Å²) in [6, 6.07) is 7.41. The van der Waals surface area contributed by atoms with E-state index in [2.05, 4.69) is 5.32 Å². The van der Waals surface area contributed by atoms with Crippen LogP contribution >= 0.6 is 0 Å². The average molecular weight is 365 g/mol. The minimum absolute atomic E-state index is 0.00216. The molecule has 8 heteroatoms.